The molecule has 1 amide bonds. The Morgan fingerprint density at radius 1 is 1.29 bits per heavy atom. The van der Waals surface area contributed by atoms with Crippen molar-refractivity contribution in [1.29, 1.82) is 0 Å². The molecule has 0 spiro atoms. The summed E-state index contributed by atoms with van der Waals surface area (Å²) >= 11 is 0. The largest absolute Gasteiger partial charge is 0.514 e. The second-order valence-corrected chi connectivity index (χ2v) is 8.49. The zero-order valence-corrected chi connectivity index (χ0v) is 17.1. The van der Waals surface area contributed by atoms with Crippen LogP contribution < -0.4 is 5.59 Å². The summed E-state index contributed by atoms with van der Waals surface area (Å²) < 4.78 is 120. The van der Waals surface area contributed by atoms with Crippen LogP contribution in [0.4, 0.5) is 4.79 Å². The second-order valence-electron chi connectivity index (χ2n) is 8.49. The number of aromatic nitrogens is 1. The van der Waals surface area contributed by atoms with Crippen molar-refractivity contribution in [3.05, 3.63) is 23.8 Å². The molecule has 2 aliphatic rings. The van der Waals surface area contributed by atoms with E-state index in [1.807, 2.05) is 0 Å². The molecule has 2 aliphatic heterocycles. The lowest BCUT2D eigenvalue weighted by Crippen LogP contribution is -2.41. The van der Waals surface area contributed by atoms with E-state index in [4.69, 9.17) is 30.5 Å². The molecule has 0 N–H and O–H groups in total. The Morgan fingerprint density at radius 2 is 1.86 bits per heavy atom. The monoisotopic (exact) mass is 400 g/mol. The molecule has 154 valence electrons. The minimum absolute atomic E-state index is 0.362. The Balaban J connectivity index is 2.29. The molecular formula is C21H33BN2O4. The molecule has 2 saturated heterocycles. The molecule has 3 heterocycles. The van der Waals surface area contributed by atoms with Gasteiger partial charge in [0.25, 0.3) is 0 Å². The highest BCUT2D eigenvalue weighted by Crippen LogP contribution is 2.36. The number of carbonyl (C=O) groups is 1. The smallest absolute Gasteiger partial charge is 0.444 e. The first-order valence-electron chi connectivity index (χ1n) is 14.9. The lowest BCUT2D eigenvalue weighted by atomic mass is 9.83. The van der Waals surface area contributed by atoms with Crippen LogP contribution in [0.5, 0.6) is 0 Å². The average molecular weight is 400 g/mol. The van der Waals surface area contributed by atoms with E-state index < -0.39 is 85.5 Å². The van der Waals surface area contributed by atoms with Crippen molar-refractivity contribution in [1.82, 2.24) is 9.88 Å². The van der Waals surface area contributed by atoms with E-state index in [2.05, 4.69) is 4.98 Å². The minimum Gasteiger partial charge on any atom is -0.444 e. The van der Waals surface area contributed by atoms with Crippen LogP contribution in [0.15, 0.2) is 18.3 Å². The van der Waals surface area contributed by atoms with Crippen molar-refractivity contribution < 1.29 is 35.3 Å². The lowest BCUT2D eigenvalue weighted by Gasteiger charge is -2.33. The summed E-state index contributed by atoms with van der Waals surface area (Å²) in [5.41, 5.74) is -4.65. The van der Waals surface area contributed by atoms with Gasteiger partial charge in [-0.3, -0.25) is 4.98 Å². The Morgan fingerprint density at radius 3 is 2.39 bits per heavy atom. The van der Waals surface area contributed by atoms with Crippen LogP contribution in [0.25, 0.3) is 0 Å². The van der Waals surface area contributed by atoms with Gasteiger partial charge in [0.05, 0.1) is 20.9 Å². The molecule has 0 saturated carbocycles. The van der Waals surface area contributed by atoms with Gasteiger partial charge in [0, 0.05) is 31.5 Å². The standard InChI is InChI=1S/C21H33BN2O4/c1-19(2,3)26-18(25)24-12-10-15(11-13-24)16-8-9-17(23-14-16)22-27-20(4,5)21(6,7)28-22/h8-9,14-15H,10-13H2,1-7H3/i8D,9D,10D2,11D2,12D2,13D2,14D,15D. The third-order valence-corrected chi connectivity index (χ3v) is 4.49. The fourth-order valence-electron chi connectivity index (χ4n) is 2.29. The SMILES string of the molecule is [2H]c1nc(B2OC(C)(C)C(C)(C)O2)c([2H])c([2H])c1C1([2H])C([2H])([2H])C([2H])([2H])N(C(=O)OC(C)(C)C)C([2H])([2H])C1([2H])[2H]. The molecule has 0 radical (unpaired) electrons. The van der Waals surface area contributed by atoms with Crippen LogP contribution in [-0.2, 0) is 14.0 Å². The molecule has 3 rings (SSSR count). The van der Waals surface area contributed by atoms with Gasteiger partial charge in [0.2, 0.25) is 0 Å². The summed E-state index contributed by atoms with van der Waals surface area (Å²) in [4.78, 5) is 16.5. The maximum absolute atomic E-state index is 12.9. The first kappa shape index (κ1) is 10.4. The van der Waals surface area contributed by atoms with Crippen LogP contribution in [0.1, 0.15) is 89.1 Å². The number of amides is 1. The minimum atomic E-state index is -3.82. The van der Waals surface area contributed by atoms with Gasteiger partial charge < -0.3 is 18.9 Å². The maximum Gasteiger partial charge on any atom is 0.514 e. The summed E-state index contributed by atoms with van der Waals surface area (Å²) in [6.45, 7) is 3.49. The van der Waals surface area contributed by atoms with Crippen molar-refractivity contribution in [3.63, 3.8) is 0 Å². The highest BCUT2D eigenvalue weighted by molar-refractivity contribution is 6.61. The van der Waals surface area contributed by atoms with Crippen molar-refractivity contribution >= 4 is 18.8 Å². The number of piperidine rings is 1. The normalized spacial score (nSPS) is 37.0. The molecule has 1 aromatic rings. The van der Waals surface area contributed by atoms with Crippen molar-refractivity contribution in [2.24, 2.45) is 0 Å². The molecule has 0 atom stereocenters. The van der Waals surface area contributed by atoms with Crippen molar-refractivity contribution in [2.75, 3.05) is 13.0 Å². The molecule has 6 nitrogen and oxygen atoms in total. The topological polar surface area (TPSA) is 60.9 Å². The Labute approximate surface area is 185 Å². The van der Waals surface area contributed by atoms with Crippen LogP contribution >= 0.6 is 0 Å². The van der Waals surface area contributed by atoms with Gasteiger partial charge in [-0.1, -0.05) is 6.04 Å². The van der Waals surface area contributed by atoms with Crippen LogP contribution in [0.2, 0.25) is 0 Å². The molecule has 0 aromatic carbocycles. The average Bonchev–Trinajstić information content (AvgIpc) is 2.94. The molecule has 2 fully saturated rings. The zero-order chi connectivity index (χ0) is 31.4. The number of ether oxygens (including phenoxy) is 1. The summed E-state index contributed by atoms with van der Waals surface area (Å²) in [7, 11) is -1.35. The van der Waals surface area contributed by atoms with Gasteiger partial charge in [0.15, 0.2) is 0 Å². The summed E-state index contributed by atoms with van der Waals surface area (Å²) in [5.74, 6) is -3.71. The third-order valence-electron chi connectivity index (χ3n) is 4.49. The number of carbonyl (C=O) groups excluding carboxylic acids is 1. The van der Waals surface area contributed by atoms with E-state index in [-0.39, 0.29) is 10.5 Å². The summed E-state index contributed by atoms with van der Waals surface area (Å²) in [6, 6.07) is -1.87. The number of rotatable bonds is 2. The molecule has 28 heavy (non-hydrogen) atoms. The van der Waals surface area contributed by atoms with Gasteiger partial charge in [-0.05, 0) is 78.7 Å². The van der Waals surface area contributed by atoms with E-state index in [1.54, 1.807) is 27.7 Å². The highest BCUT2D eigenvalue weighted by Gasteiger charge is 2.52. The molecular weight excluding hydrogens is 355 g/mol. The molecule has 0 unspecified atom stereocenters. The van der Waals surface area contributed by atoms with Crippen LogP contribution in [-0.4, -0.2) is 52.9 Å². The highest BCUT2D eigenvalue weighted by atomic mass is 16.7. The van der Waals surface area contributed by atoms with E-state index in [9.17, 15) is 4.79 Å². The second kappa shape index (κ2) is 7.34. The van der Waals surface area contributed by atoms with Crippen molar-refractivity contribution in [2.45, 2.75) is 83.9 Å². The fourth-order valence-corrected chi connectivity index (χ4v) is 2.29. The molecule has 7 heteroatoms. The molecule has 1 aromatic heterocycles. The molecule has 0 aliphatic carbocycles. The predicted molar refractivity (Wildman–Crippen MR) is 110 cm³/mol. The van der Waals surface area contributed by atoms with E-state index in [0.29, 0.717) is 0 Å². The number of likely N-dealkylation sites (tertiary alicyclic amines) is 1. The van der Waals surface area contributed by atoms with Gasteiger partial charge in [-0.2, -0.15) is 0 Å². The summed E-state index contributed by atoms with van der Waals surface area (Å²) in [5, 5.41) is 0. The van der Waals surface area contributed by atoms with E-state index in [0.717, 1.165) is 0 Å². The van der Waals surface area contributed by atoms with Crippen LogP contribution in [0.3, 0.4) is 0 Å². The first-order valence-corrected chi connectivity index (χ1v) is 8.90. The fraction of sp³-hybridized carbons (Fsp3) is 0.714. The third kappa shape index (κ3) is 4.52. The Bertz CT molecular complexity index is 1190. The number of pyridine rings is 1. The van der Waals surface area contributed by atoms with Crippen LogP contribution in [0, 0.1) is 0 Å². The quantitative estimate of drug-likeness (QED) is 0.712. The predicted octanol–water partition coefficient (Wildman–Crippen LogP) is 3.50. The number of nitrogens with zero attached hydrogens (tertiary/aromatic N) is 2. The maximum atomic E-state index is 12.9. The van der Waals surface area contributed by atoms with E-state index >= 15 is 0 Å². The first-order chi connectivity index (χ1) is 17.5. The van der Waals surface area contributed by atoms with Gasteiger partial charge in [-0.25, -0.2) is 4.79 Å². The van der Waals surface area contributed by atoms with E-state index in [1.165, 1.54) is 20.8 Å². The Kier molecular flexibility index (Phi) is 2.74. The lowest BCUT2D eigenvalue weighted by molar-refractivity contribution is 0.00578. The van der Waals surface area contributed by atoms with Gasteiger partial charge in [-0.15, -0.1) is 0 Å². The van der Waals surface area contributed by atoms with Gasteiger partial charge >= 0.3 is 13.2 Å². The summed E-state index contributed by atoms with van der Waals surface area (Å²) in [6.07, 6.45) is -10.4. The Hall–Kier alpha value is -1.60. The zero-order valence-electron chi connectivity index (χ0n) is 29.1. The van der Waals surface area contributed by atoms with Gasteiger partial charge in [0.1, 0.15) is 5.60 Å². The number of hydrogen-bond acceptors (Lipinski definition) is 5. The number of hydrogen-bond donors (Lipinski definition) is 0. The van der Waals surface area contributed by atoms with Crippen molar-refractivity contribution in [3.8, 4) is 0 Å². The molecule has 0 bridgehead atoms.